The number of benzene rings is 2. The summed E-state index contributed by atoms with van der Waals surface area (Å²) in [7, 11) is 0. The summed E-state index contributed by atoms with van der Waals surface area (Å²) in [4.78, 5) is 0. The highest BCUT2D eigenvalue weighted by molar-refractivity contribution is 5.33. The third kappa shape index (κ3) is 3.19. The molecule has 20 heavy (non-hydrogen) atoms. The van der Waals surface area contributed by atoms with E-state index in [1.165, 1.54) is 24.3 Å². The zero-order chi connectivity index (χ0) is 14.5. The van der Waals surface area contributed by atoms with Gasteiger partial charge in [0.2, 0.25) is 0 Å². The molecule has 0 heterocycles. The van der Waals surface area contributed by atoms with E-state index in [1.807, 2.05) is 13.0 Å². The first-order valence-corrected chi connectivity index (χ1v) is 6.28. The van der Waals surface area contributed by atoms with Gasteiger partial charge in [0.15, 0.2) is 0 Å². The van der Waals surface area contributed by atoms with E-state index in [4.69, 9.17) is 5.26 Å². The fourth-order valence-corrected chi connectivity index (χ4v) is 1.98. The SMILES string of the molecule is CC(NCc1cc(C#N)ccc1F)c1ccccc1F. The maximum absolute atomic E-state index is 13.6. The van der Waals surface area contributed by atoms with Gasteiger partial charge in [-0.05, 0) is 31.2 Å². The van der Waals surface area contributed by atoms with Crippen molar-refractivity contribution in [2.45, 2.75) is 19.5 Å². The molecule has 0 aromatic heterocycles. The Kier molecular flexibility index (Phi) is 4.44. The Morgan fingerprint density at radius 2 is 1.90 bits per heavy atom. The van der Waals surface area contributed by atoms with Crippen molar-refractivity contribution in [3.05, 3.63) is 70.8 Å². The molecule has 0 aliphatic carbocycles. The van der Waals surface area contributed by atoms with Crippen LogP contribution in [-0.2, 0) is 6.54 Å². The maximum atomic E-state index is 13.6. The number of nitrogens with one attached hydrogen (secondary N) is 1. The van der Waals surface area contributed by atoms with Gasteiger partial charge in [0.25, 0.3) is 0 Å². The van der Waals surface area contributed by atoms with Gasteiger partial charge in [-0.1, -0.05) is 18.2 Å². The minimum absolute atomic E-state index is 0.233. The summed E-state index contributed by atoms with van der Waals surface area (Å²) < 4.78 is 27.2. The monoisotopic (exact) mass is 272 g/mol. The van der Waals surface area contributed by atoms with Crippen LogP contribution in [0.1, 0.15) is 29.7 Å². The van der Waals surface area contributed by atoms with E-state index in [9.17, 15) is 8.78 Å². The van der Waals surface area contributed by atoms with E-state index in [0.717, 1.165) is 0 Å². The van der Waals surface area contributed by atoms with E-state index in [0.29, 0.717) is 16.7 Å². The maximum Gasteiger partial charge on any atom is 0.127 e. The minimum atomic E-state index is -0.378. The molecule has 1 atom stereocenters. The summed E-state index contributed by atoms with van der Waals surface area (Å²) in [6.45, 7) is 2.04. The van der Waals surface area contributed by atoms with Crippen molar-refractivity contribution in [1.29, 1.82) is 5.26 Å². The molecular formula is C16H14F2N2. The second kappa shape index (κ2) is 6.27. The van der Waals surface area contributed by atoms with Crippen LogP contribution in [0.15, 0.2) is 42.5 Å². The molecule has 0 bridgehead atoms. The molecule has 0 saturated heterocycles. The molecule has 102 valence electrons. The van der Waals surface area contributed by atoms with Crippen LogP contribution in [0.5, 0.6) is 0 Å². The van der Waals surface area contributed by atoms with Crippen molar-refractivity contribution in [3.63, 3.8) is 0 Å². The highest BCUT2D eigenvalue weighted by Gasteiger charge is 2.11. The van der Waals surface area contributed by atoms with Gasteiger partial charge < -0.3 is 5.32 Å². The fourth-order valence-electron chi connectivity index (χ4n) is 1.98. The average molecular weight is 272 g/mol. The highest BCUT2D eigenvalue weighted by atomic mass is 19.1. The van der Waals surface area contributed by atoms with Gasteiger partial charge in [-0.3, -0.25) is 0 Å². The molecule has 0 fully saturated rings. The van der Waals surface area contributed by atoms with Crippen LogP contribution in [0.4, 0.5) is 8.78 Å². The Hall–Kier alpha value is -2.25. The molecule has 2 nitrogen and oxygen atoms in total. The molecule has 2 aromatic carbocycles. The number of hydrogen-bond acceptors (Lipinski definition) is 2. The van der Waals surface area contributed by atoms with E-state index in [-0.39, 0.29) is 24.2 Å². The molecule has 0 saturated carbocycles. The predicted molar refractivity (Wildman–Crippen MR) is 72.8 cm³/mol. The molecule has 1 N–H and O–H groups in total. The van der Waals surface area contributed by atoms with Crippen molar-refractivity contribution in [3.8, 4) is 6.07 Å². The summed E-state index contributed by atoms with van der Waals surface area (Å²) in [6, 6.07) is 12.4. The first kappa shape index (κ1) is 14.2. The van der Waals surface area contributed by atoms with Gasteiger partial charge in [-0.25, -0.2) is 8.78 Å². The normalized spacial score (nSPS) is 11.9. The topological polar surface area (TPSA) is 35.8 Å². The molecule has 4 heteroatoms. The Balaban J connectivity index is 2.09. The van der Waals surface area contributed by atoms with Gasteiger partial charge in [0.05, 0.1) is 11.6 Å². The summed E-state index contributed by atoms with van der Waals surface area (Å²) in [5.74, 6) is -0.670. The lowest BCUT2D eigenvalue weighted by Crippen LogP contribution is -2.19. The fraction of sp³-hybridized carbons (Fsp3) is 0.188. The number of nitrogens with zero attached hydrogens (tertiary/aromatic N) is 1. The van der Waals surface area contributed by atoms with E-state index in [1.54, 1.807) is 18.2 Å². The number of hydrogen-bond donors (Lipinski definition) is 1. The molecular weight excluding hydrogens is 258 g/mol. The Bertz CT molecular complexity index is 647. The lowest BCUT2D eigenvalue weighted by atomic mass is 10.1. The summed E-state index contributed by atoms with van der Waals surface area (Å²) in [5, 5.41) is 11.9. The lowest BCUT2D eigenvalue weighted by Gasteiger charge is -2.15. The highest BCUT2D eigenvalue weighted by Crippen LogP contribution is 2.17. The van der Waals surface area contributed by atoms with Crippen LogP contribution >= 0.6 is 0 Å². The zero-order valence-electron chi connectivity index (χ0n) is 11.0. The average Bonchev–Trinajstić information content (AvgIpc) is 2.46. The third-order valence-electron chi connectivity index (χ3n) is 3.15. The molecule has 0 aliphatic heterocycles. The molecule has 0 radical (unpaired) electrons. The van der Waals surface area contributed by atoms with Gasteiger partial charge in [0, 0.05) is 23.7 Å². The minimum Gasteiger partial charge on any atom is -0.306 e. The largest absolute Gasteiger partial charge is 0.306 e. The van der Waals surface area contributed by atoms with Crippen LogP contribution in [0, 0.1) is 23.0 Å². The van der Waals surface area contributed by atoms with E-state index in [2.05, 4.69) is 5.32 Å². The van der Waals surface area contributed by atoms with Crippen LogP contribution in [0.2, 0.25) is 0 Å². The quantitative estimate of drug-likeness (QED) is 0.921. The smallest absolute Gasteiger partial charge is 0.127 e. The standard InChI is InChI=1S/C16H14F2N2/c1-11(14-4-2-3-5-16(14)18)20-10-13-8-12(9-19)6-7-15(13)17/h2-8,11,20H,10H2,1H3. The molecule has 0 amide bonds. The van der Waals surface area contributed by atoms with Gasteiger partial charge in [-0.15, -0.1) is 0 Å². The number of nitriles is 1. The van der Waals surface area contributed by atoms with Crippen molar-refractivity contribution >= 4 is 0 Å². The molecule has 1 unspecified atom stereocenters. The predicted octanol–water partition coefficient (Wildman–Crippen LogP) is 3.69. The van der Waals surface area contributed by atoms with Crippen LogP contribution in [0.25, 0.3) is 0 Å². The summed E-state index contributed by atoms with van der Waals surface area (Å²) >= 11 is 0. The second-order valence-electron chi connectivity index (χ2n) is 4.54. The molecule has 2 aromatic rings. The van der Waals surface area contributed by atoms with Crippen molar-refractivity contribution in [2.75, 3.05) is 0 Å². The molecule has 0 spiro atoms. The Morgan fingerprint density at radius 1 is 1.15 bits per heavy atom. The summed E-state index contributed by atoms with van der Waals surface area (Å²) in [6.07, 6.45) is 0. The molecule has 0 aliphatic rings. The third-order valence-corrected chi connectivity index (χ3v) is 3.15. The van der Waals surface area contributed by atoms with Gasteiger partial charge >= 0.3 is 0 Å². The Morgan fingerprint density at radius 3 is 2.60 bits per heavy atom. The van der Waals surface area contributed by atoms with E-state index < -0.39 is 0 Å². The zero-order valence-corrected chi connectivity index (χ0v) is 11.0. The van der Waals surface area contributed by atoms with Crippen LogP contribution in [0.3, 0.4) is 0 Å². The van der Waals surface area contributed by atoms with Gasteiger partial charge in [0.1, 0.15) is 11.6 Å². The number of halogens is 2. The summed E-state index contributed by atoms with van der Waals surface area (Å²) in [5.41, 5.74) is 1.33. The van der Waals surface area contributed by atoms with Crippen molar-refractivity contribution < 1.29 is 8.78 Å². The van der Waals surface area contributed by atoms with E-state index >= 15 is 0 Å². The van der Waals surface area contributed by atoms with Crippen LogP contribution in [-0.4, -0.2) is 0 Å². The first-order chi connectivity index (χ1) is 9.61. The van der Waals surface area contributed by atoms with Gasteiger partial charge in [-0.2, -0.15) is 5.26 Å². The second-order valence-corrected chi connectivity index (χ2v) is 4.54. The lowest BCUT2D eigenvalue weighted by molar-refractivity contribution is 0.515. The number of rotatable bonds is 4. The van der Waals surface area contributed by atoms with Crippen molar-refractivity contribution in [1.82, 2.24) is 5.32 Å². The first-order valence-electron chi connectivity index (χ1n) is 6.28. The van der Waals surface area contributed by atoms with Crippen LogP contribution < -0.4 is 5.32 Å². The molecule has 2 rings (SSSR count). The van der Waals surface area contributed by atoms with Crippen molar-refractivity contribution in [2.24, 2.45) is 0 Å². The Labute approximate surface area is 116 Å².